The summed E-state index contributed by atoms with van der Waals surface area (Å²) in [6, 6.07) is 2.80. The Bertz CT molecular complexity index is 441. The van der Waals surface area contributed by atoms with Crippen molar-refractivity contribution in [1.82, 2.24) is 4.90 Å². The highest BCUT2D eigenvalue weighted by atomic mass is 32.1. The molecule has 0 bridgehead atoms. The van der Waals surface area contributed by atoms with Crippen molar-refractivity contribution in [2.45, 2.75) is 39.3 Å². The Hall–Kier alpha value is -0.820. The topological polar surface area (TPSA) is 29.3 Å². The van der Waals surface area contributed by atoms with Gasteiger partial charge in [-0.3, -0.25) is 4.90 Å². The zero-order valence-corrected chi connectivity index (χ0v) is 12.1. The van der Waals surface area contributed by atoms with Gasteiger partial charge in [0.15, 0.2) is 0 Å². The molecule has 1 saturated heterocycles. The van der Waals surface area contributed by atoms with Gasteiger partial charge in [-0.2, -0.15) is 0 Å². The van der Waals surface area contributed by atoms with Crippen LogP contribution in [0.5, 0.6) is 0 Å². The van der Waals surface area contributed by atoms with E-state index in [0.717, 1.165) is 18.0 Å². The number of hydrogen-bond donors (Lipinski definition) is 1. The normalized spacial score (nSPS) is 24.6. The lowest BCUT2D eigenvalue weighted by Crippen LogP contribution is -2.39. The molecule has 18 heavy (non-hydrogen) atoms. The average molecular weight is 262 g/mol. The first-order chi connectivity index (χ1) is 8.70. The van der Waals surface area contributed by atoms with Gasteiger partial charge in [0, 0.05) is 23.0 Å². The molecule has 1 aromatic rings. The highest BCUT2D eigenvalue weighted by molar-refractivity contribution is 7.10. The zero-order chi connectivity index (χ0) is 13.0. The fraction of sp³-hybridized carbons (Fsp3) is 0.600. The van der Waals surface area contributed by atoms with Gasteiger partial charge in [0.25, 0.3) is 0 Å². The standard InChI is InChI=1S/C15H22N2S/c1-12-5-8-17(13(2)10-12)11-15-14(4-3-7-16)6-9-18-15/h6,9,12-13H,5,7-8,10-11,16H2,1-2H3. The van der Waals surface area contributed by atoms with Crippen LogP contribution in [0.3, 0.4) is 0 Å². The Kier molecular flexibility index (Phi) is 4.82. The minimum absolute atomic E-state index is 0.437. The fourth-order valence-corrected chi connectivity index (χ4v) is 3.45. The van der Waals surface area contributed by atoms with Crippen molar-refractivity contribution >= 4 is 11.3 Å². The molecule has 0 saturated carbocycles. The molecule has 0 amide bonds. The average Bonchev–Trinajstić information content (AvgIpc) is 2.77. The predicted octanol–water partition coefficient (Wildman–Crippen LogP) is 2.68. The van der Waals surface area contributed by atoms with Gasteiger partial charge in [0.05, 0.1) is 6.54 Å². The van der Waals surface area contributed by atoms with Crippen molar-refractivity contribution in [1.29, 1.82) is 0 Å². The highest BCUT2D eigenvalue weighted by Crippen LogP contribution is 2.26. The van der Waals surface area contributed by atoms with E-state index in [0.29, 0.717) is 12.6 Å². The van der Waals surface area contributed by atoms with Crippen LogP contribution >= 0.6 is 11.3 Å². The lowest BCUT2D eigenvalue weighted by atomic mass is 9.93. The second kappa shape index (κ2) is 6.38. The van der Waals surface area contributed by atoms with Crippen LogP contribution in [0.4, 0.5) is 0 Å². The molecule has 2 unspecified atom stereocenters. The molecule has 0 spiro atoms. The SMILES string of the molecule is CC1CCN(Cc2sccc2C#CCN)C(C)C1. The van der Waals surface area contributed by atoms with Crippen molar-refractivity contribution < 1.29 is 0 Å². The van der Waals surface area contributed by atoms with Gasteiger partial charge in [0.1, 0.15) is 0 Å². The van der Waals surface area contributed by atoms with E-state index >= 15 is 0 Å². The Labute approximate surface area is 114 Å². The van der Waals surface area contributed by atoms with Gasteiger partial charge >= 0.3 is 0 Å². The van der Waals surface area contributed by atoms with Gasteiger partial charge in [-0.05, 0) is 43.7 Å². The van der Waals surface area contributed by atoms with Crippen LogP contribution in [0.2, 0.25) is 0 Å². The fourth-order valence-electron chi connectivity index (χ4n) is 2.60. The summed E-state index contributed by atoms with van der Waals surface area (Å²) in [6.07, 6.45) is 2.63. The van der Waals surface area contributed by atoms with Crippen LogP contribution in [-0.2, 0) is 6.54 Å². The predicted molar refractivity (Wildman–Crippen MR) is 78.5 cm³/mol. The Morgan fingerprint density at radius 1 is 1.50 bits per heavy atom. The molecule has 2 N–H and O–H groups in total. The van der Waals surface area contributed by atoms with E-state index in [2.05, 4.69) is 42.0 Å². The van der Waals surface area contributed by atoms with E-state index in [4.69, 9.17) is 5.73 Å². The van der Waals surface area contributed by atoms with E-state index in [1.165, 1.54) is 24.3 Å². The first-order valence-electron chi connectivity index (χ1n) is 6.70. The summed E-state index contributed by atoms with van der Waals surface area (Å²) < 4.78 is 0. The van der Waals surface area contributed by atoms with Crippen LogP contribution in [0.15, 0.2) is 11.4 Å². The Morgan fingerprint density at radius 2 is 2.33 bits per heavy atom. The number of nitrogens with zero attached hydrogens (tertiary/aromatic N) is 1. The summed E-state index contributed by atoms with van der Waals surface area (Å²) in [5, 5.41) is 2.13. The van der Waals surface area contributed by atoms with Gasteiger partial charge in [-0.1, -0.05) is 18.8 Å². The summed E-state index contributed by atoms with van der Waals surface area (Å²) in [5.74, 6) is 7.00. The molecule has 1 aromatic heterocycles. The minimum Gasteiger partial charge on any atom is -0.320 e. The van der Waals surface area contributed by atoms with Crippen LogP contribution in [0, 0.1) is 17.8 Å². The molecule has 0 aromatic carbocycles. The van der Waals surface area contributed by atoms with E-state index in [-0.39, 0.29) is 0 Å². The van der Waals surface area contributed by atoms with Gasteiger partial charge in [-0.15, -0.1) is 11.3 Å². The number of rotatable bonds is 2. The van der Waals surface area contributed by atoms with Crippen molar-refractivity contribution in [3.05, 3.63) is 21.9 Å². The quantitative estimate of drug-likeness (QED) is 0.830. The third-order valence-electron chi connectivity index (χ3n) is 3.69. The largest absolute Gasteiger partial charge is 0.320 e. The summed E-state index contributed by atoms with van der Waals surface area (Å²) in [7, 11) is 0. The maximum Gasteiger partial charge on any atom is 0.0555 e. The lowest BCUT2D eigenvalue weighted by Gasteiger charge is -2.36. The van der Waals surface area contributed by atoms with Gasteiger partial charge in [-0.25, -0.2) is 0 Å². The molecule has 98 valence electrons. The number of nitrogens with two attached hydrogens (primary N) is 1. The maximum atomic E-state index is 5.44. The number of likely N-dealkylation sites (tertiary alicyclic amines) is 1. The minimum atomic E-state index is 0.437. The lowest BCUT2D eigenvalue weighted by molar-refractivity contribution is 0.123. The molecule has 1 aliphatic heterocycles. The van der Waals surface area contributed by atoms with E-state index in [1.54, 1.807) is 0 Å². The van der Waals surface area contributed by atoms with Gasteiger partial charge < -0.3 is 5.73 Å². The van der Waals surface area contributed by atoms with E-state index in [1.807, 2.05) is 11.3 Å². The number of thiophene rings is 1. The van der Waals surface area contributed by atoms with Crippen LogP contribution < -0.4 is 5.73 Å². The third-order valence-corrected chi connectivity index (χ3v) is 4.60. The van der Waals surface area contributed by atoms with Crippen molar-refractivity contribution in [3.8, 4) is 11.8 Å². The summed E-state index contributed by atoms with van der Waals surface area (Å²) >= 11 is 1.81. The monoisotopic (exact) mass is 262 g/mol. The smallest absolute Gasteiger partial charge is 0.0555 e. The molecule has 1 aliphatic rings. The van der Waals surface area contributed by atoms with Gasteiger partial charge in [0.2, 0.25) is 0 Å². The Balaban J connectivity index is 2.03. The molecule has 1 fully saturated rings. The van der Waals surface area contributed by atoms with Crippen LogP contribution in [-0.4, -0.2) is 24.0 Å². The van der Waals surface area contributed by atoms with E-state index in [9.17, 15) is 0 Å². The zero-order valence-electron chi connectivity index (χ0n) is 11.3. The molecular formula is C15H22N2S. The molecule has 0 aliphatic carbocycles. The van der Waals surface area contributed by atoms with E-state index < -0.39 is 0 Å². The molecule has 2 heterocycles. The van der Waals surface area contributed by atoms with Crippen molar-refractivity contribution in [2.24, 2.45) is 11.7 Å². The first-order valence-corrected chi connectivity index (χ1v) is 7.58. The molecular weight excluding hydrogens is 240 g/mol. The highest BCUT2D eigenvalue weighted by Gasteiger charge is 2.23. The molecule has 3 heteroatoms. The van der Waals surface area contributed by atoms with Crippen LogP contribution in [0.25, 0.3) is 0 Å². The first kappa shape index (κ1) is 13.6. The molecule has 2 atom stereocenters. The number of piperidine rings is 1. The summed E-state index contributed by atoms with van der Waals surface area (Å²) in [6.45, 7) is 7.39. The molecule has 2 nitrogen and oxygen atoms in total. The third kappa shape index (κ3) is 3.35. The maximum absolute atomic E-state index is 5.44. The summed E-state index contributed by atoms with van der Waals surface area (Å²) in [4.78, 5) is 3.97. The number of hydrogen-bond acceptors (Lipinski definition) is 3. The second-order valence-electron chi connectivity index (χ2n) is 5.21. The van der Waals surface area contributed by atoms with Crippen molar-refractivity contribution in [3.63, 3.8) is 0 Å². The molecule has 0 radical (unpaired) electrons. The van der Waals surface area contributed by atoms with Crippen LogP contribution in [0.1, 0.15) is 37.1 Å². The molecule has 2 rings (SSSR count). The summed E-state index contributed by atoms with van der Waals surface area (Å²) in [5.41, 5.74) is 6.60. The Morgan fingerprint density at radius 3 is 3.06 bits per heavy atom. The second-order valence-corrected chi connectivity index (χ2v) is 6.21. The van der Waals surface area contributed by atoms with Crippen molar-refractivity contribution in [2.75, 3.05) is 13.1 Å².